The van der Waals surface area contributed by atoms with Crippen molar-refractivity contribution >= 4 is 27.2 Å². The highest BCUT2D eigenvalue weighted by molar-refractivity contribution is 7.93. The lowest BCUT2D eigenvalue weighted by molar-refractivity contribution is -0.136. The molecule has 1 atom stereocenters. The minimum atomic E-state index is -3.97. The van der Waals surface area contributed by atoms with E-state index in [0.29, 0.717) is 5.71 Å². The maximum absolute atomic E-state index is 12.6. The van der Waals surface area contributed by atoms with Gasteiger partial charge in [0.15, 0.2) is 15.1 Å². The summed E-state index contributed by atoms with van der Waals surface area (Å²) >= 11 is 0. The second-order valence-electron chi connectivity index (χ2n) is 4.97. The Bertz CT molecular complexity index is 857. The first-order valence-corrected chi connectivity index (χ1v) is 8.23. The SMILES string of the molecule is O=C(O)C1CC(c2ccccc2)=Nc2ccccc2S1(=O)=O. The molecule has 0 aliphatic carbocycles. The minimum absolute atomic E-state index is 0.0340. The van der Waals surface area contributed by atoms with Gasteiger partial charge in [-0.15, -0.1) is 0 Å². The number of carboxylic acids is 1. The van der Waals surface area contributed by atoms with E-state index in [-0.39, 0.29) is 17.0 Å². The number of carbonyl (C=O) groups is 1. The number of carboxylic acid groups (broad SMARTS) is 1. The van der Waals surface area contributed by atoms with E-state index in [2.05, 4.69) is 4.99 Å². The third kappa shape index (κ3) is 2.42. The molecule has 0 spiro atoms. The second kappa shape index (κ2) is 5.38. The van der Waals surface area contributed by atoms with Crippen LogP contribution in [-0.2, 0) is 14.6 Å². The molecule has 0 saturated carbocycles. The molecule has 1 N–H and O–H groups in total. The molecule has 0 bridgehead atoms. The van der Waals surface area contributed by atoms with E-state index < -0.39 is 21.1 Å². The van der Waals surface area contributed by atoms with Crippen LogP contribution in [-0.4, -0.2) is 30.5 Å². The predicted molar refractivity (Wildman–Crippen MR) is 82.3 cm³/mol. The standard InChI is InChI=1S/C16H13NO4S/c18-16(19)15-10-13(11-6-2-1-3-7-11)17-12-8-4-5-9-14(12)22(15,20)21/h1-9,15H,10H2,(H,18,19). The lowest BCUT2D eigenvalue weighted by Crippen LogP contribution is -2.31. The lowest BCUT2D eigenvalue weighted by atomic mass is 10.1. The molecular weight excluding hydrogens is 302 g/mol. The van der Waals surface area contributed by atoms with Crippen molar-refractivity contribution in [2.75, 3.05) is 0 Å². The van der Waals surface area contributed by atoms with Gasteiger partial charge < -0.3 is 5.11 Å². The Morgan fingerprint density at radius 1 is 1.05 bits per heavy atom. The Kier molecular flexibility index (Phi) is 3.54. The zero-order valence-corrected chi connectivity index (χ0v) is 12.3. The van der Waals surface area contributed by atoms with Crippen LogP contribution >= 0.6 is 0 Å². The summed E-state index contributed by atoms with van der Waals surface area (Å²) in [6.45, 7) is 0. The van der Waals surface area contributed by atoms with Crippen molar-refractivity contribution in [3.63, 3.8) is 0 Å². The average Bonchev–Trinajstić information content (AvgIpc) is 2.63. The molecular formula is C16H13NO4S. The van der Waals surface area contributed by atoms with Crippen LogP contribution in [0.5, 0.6) is 0 Å². The number of para-hydroxylation sites is 1. The molecule has 0 amide bonds. The van der Waals surface area contributed by atoms with Crippen LogP contribution in [0.15, 0.2) is 64.5 Å². The highest BCUT2D eigenvalue weighted by Gasteiger charge is 2.38. The number of rotatable bonds is 2. The predicted octanol–water partition coefficient (Wildman–Crippen LogP) is 2.44. The van der Waals surface area contributed by atoms with E-state index in [0.717, 1.165) is 5.56 Å². The molecule has 0 radical (unpaired) electrons. The van der Waals surface area contributed by atoms with Crippen molar-refractivity contribution in [1.29, 1.82) is 0 Å². The van der Waals surface area contributed by atoms with Crippen LogP contribution in [0.2, 0.25) is 0 Å². The van der Waals surface area contributed by atoms with Gasteiger partial charge in [0, 0.05) is 6.42 Å². The van der Waals surface area contributed by atoms with E-state index in [9.17, 15) is 18.3 Å². The molecule has 1 unspecified atom stereocenters. The molecule has 0 fully saturated rings. The van der Waals surface area contributed by atoms with Gasteiger partial charge in [0.25, 0.3) is 0 Å². The summed E-state index contributed by atoms with van der Waals surface area (Å²) in [5, 5.41) is 7.82. The van der Waals surface area contributed by atoms with Gasteiger partial charge in [-0.05, 0) is 17.7 Å². The van der Waals surface area contributed by atoms with E-state index in [4.69, 9.17) is 0 Å². The molecule has 5 nitrogen and oxygen atoms in total. The highest BCUT2D eigenvalue weighted by Crippen LogP contribution is 2.33. The third-order valence-corrected chi connectivity index (χ3v) is 5.64. The number of hydrogen-bond donors (Lipinski definition) is 1. The van der Waals surface area contributed by atoms with Crippen molar-refractivity contribution in [3.05, 3.63) is 60.2 Å². The first-order chi connectivity index (χ1) is 10.5. The number of aliphatic imine (C=N–C) groups is 1. The molecule has 22 heavy (non-hydrogen) atoms. The summed E-state index contributed by atoms with van der Waals surface area (Å²) in [4.78, 5) is 15.9. The van der Waals surface area contributed by atoms with Crippen molar-refractivity contribution < 1.29 is 18.3 Å². The summed E-state index contributed by atoms with van der Waals surface area (Å²) in [6.07, 6.45) is -0.156. The summed E-state index contributed by atoms with van der Waals surface area (Å²) in [7, 11) is -3.97. The summed E-state index contributed by atoms with van der Waals surface area (Å²) in [5.41, 5.74) is 1.47. The summed E-state index contributed by atoms with van der Waals surface area (Å²) < 4.78 is 25.2. The number of sulfone groups is 1. The fourth-order valence-electron chi connectivity index (χ4n) is 2.45. The maximum Gasteiger partial charge on any atom is 0.322 e. The largest absolute Gasteiger partial charge is 0.480 e. The molecule has 1 aliphatic rings. The van der Waals surface area contributed by atoms with Gasteiger partial charge in [0.2, 0.25) is 0 Å². The number of benzene rings is 2. The zero-order valence-electron chi connectivity index (χ0n) is 11.5. The Balaban J connectivity index is 2.24. The van der Waals surface area contributed by atoms with E-state index in [1.54, 1.807) is 42.5 Å². The van der Waals surface area contributed by atoms with Gasteiger partial charge in [-0.2, -0.15) is 0 Å². The first-order valence-electron chi connectivity index (χ1n) is 6.69. The number of aliphatic carboxylic acids is 1. The topological polar surface area (TPSA) is 83.8 Å². The van der Waals surface area contributed by atoms with Crippen LogP contribution in [0.4, 0.5) is 5.69 Å². The van der Waals surface area contributed by atoms with E-state index >= 15 is 0 Å². The quantitative estimate of drug-likeness (QED) is 0.922. The Morgan fingerprint density at radius 2 is 1.68 bits per heavy atom. The fraction of sp³-hybridized carbons (Fsp3) is 0.125. The summed E-state index contributed by atoms with van der Waals surface area (Å²) in [5.74, 6) is -1.36. The van der Waals surface area contributed by atoms with Crippen molar-refractivity contribution in [1.82, 2.24) is 0 Å². The molecule has 1 heterocycles. The van der Waals surface area contributed by atoms with Crippen LogP contribution in [0.1, 0.15) is 12.0 Å². The molecule has 2 aromatic rings. The Hall–Kier alpha value is -2.47. The van der Waals surface area contributed by atoms with Crippen molar-refractivity contribution in [2.45, 2.75) is 16.6 Å². The Morgan fingerprint density at radius 3 is 2.36 bits per heavy atom. The van der Waals surface area contributed by atoms with E-state index in [1.165, 1.54) is 6.07 Å². The first kappa shape index (κ1) is 14.5. The van der Waals surface area contributed by atoms with E-state index in [1.807, 2.05) is 6.07 Å². The zero-order chi connectivity index (χ0) is 15.7. The molecule has 1 aliphatic heterocycles. The normalized spacial score (nSPS) is 19.6. The third-order valence-electron chi connectivity index (χ3n) is 3.56. The van der Waals surface area contributed by atoms with Crippen LogP contribution in [0.25, 0.3) is 0 Å². The Labute approximate surface area is 127 Å². The molecule has 0 aromatic heterocycles. The second-order valence-corrected chi connectivity index (χ2v) is 7.07. The minimum Gasteiger partial charge on any atom is -0.480 e. The maximum atomic E-state index is 12.6. The van der Waals surface area contributed by atoms with Crippen LogP contribution < -0.4 is 0 Å². The van der Waals surface area contributed by atoms with Gasteiger partial charge in [0.1, 0.15) is 0 Å². The number of fused-ring (bicyclic) bond motifs is 1. The lowest BCUT2D eigenvalue weighted by Gasteiger charge is -2.12. The van der Waals surface area contributed by atoms with Gasteiger partial charge in [0.05, 0.1) is 16.3 Å². The summed E-state index contributed by atoms with van der Waals surface area (Å²) in [6, 6.07) is 15.3. The molecule has 0 saturated heterocycles. The highest BCUT2D eigenvalue weighted by atomic mass is 32.2. The monoisotopic (exact) mass is 315 g/mol. The average molecular weight is 315 g/mol. The molecule has 112 valence electrons. The van der Waals surface area contributed by atoms with Crippen molar-refractivity contribution in [3.8, 4) is 0 Å². The van der Waals surface area contributed by atoms with Crippen molar-refractivity contribution in [2.24, 2.45) is 4.99 Å². The van der Waals surface area contributed by atoms with Gasteiger partial charge >= 0.3 is 5.97 Å². The number of nitrogens with zero attached hydrogens (tertiary/aromatic N) is 1. The van der Waals surface area contributed by atoms with Crippen LogP contribution in [0.3, 0.4) is 0 Å². The molecule has 2 aromatic carbocycles. The molecule has 6 heteroatoms. The smallest absolute Gasteiger partial charge is 0.322 e. The van der Waals surface area contributed by atoms with Gasteiger partial charge in [-0.3, -0.25) is 9.79 Å². The number of hydrogen-bond acceptors (Lipinski definition) is 4. The fourth-order valence-corrected chi connectivity index (χ4v) is 4.08. The van der Waals surface area contributed by atoms with Gasteiger partial charge in [-0.25, -0.2) is 8.42 Å². The van der Waals surface area contributed by atoms with Gasteiger partial charge in [-0.1, -0.05) is 42.5 Å². The molecule has 3 rings (SSSR count). The van der Waals surface area contributed by atoms with Crippen LogP contribution in [0, 0.1) is 0 Å².